The third kappa shape index (κ3) is 9.80. The van der Waals surface area contributed by atoms with Crippen LogP contribution >= 0.6 is 0 Å². The lowest BCUT2D eigenvalue weighted by molar-refractivity contribution is 0.135. The van der Waals surface area contributed by atoms with E-state index in [1.54, 1.807) is 9.03 Å². The summed E-state index contributed by atoms with van der Waals surface area (Å²) in [6, 6.07) is 22.2. The number of ether oxygens (including phenoxy) is 2. The van der Waals surface area contributed by atoms with E-state index >= 15 is 0 Å². The number of aromatic nitrogens is 8. The molecule has 1 saturated heterocycles. The van der Waals surface area contributed by atoms with Crippen LogP contribution < -0.4 is 31.2 Å². The molecule has 1 aliphatic heterocycles. The zero-order valence-corrected chi connectivity index (χ0v) is 34.1. The van der Waals surface area contributed by atoms with Crippen LogP contribution in [0.5, 0.6) is 12.0 Å². The second-order valence-electron chi connectivity index (χ2n) is 16.0. The summed E-state index contributed by atoms with van der Waals surface area (Å²) >= 11 is 0. The largest absolute Gasteiger partial charge is 0.462 e. The highest BCUT2D eigenvalue weighted by atomic mass is 16.5. The Balaban J connectivity index is 0.000000174. The molecular formula is C43H58N12O2. The third-order valence-corrected chi connectivity index (χ3v) is 10.9. The van der Waals surface area contributed by atoms with E-state index in [9.17, 15) is 0 Å². The first-order valence-electron chi connectivity index (χ1n) is 20.6. The summed E-state index contributed by atoms with van der Waals surface area (Å²) in [7, 11) is 0. The molecular weight excluding hydrogens is 717 g/mol. The minimum absolute atomic E-state index is 0.0709. The summed E-state index contributed by atoms with van der Waals surface area (Å²) in [6.45, 7) is 14.4. The molecule has 14 nitrogen and oxygen atoms in total. The van der Waals surface area contributed by atoms with Gasteiger partial charge < -0.3 is 31.2 Å². The van der Waals surface area contributed by atoms with E-state index in [-0.39, 0.29) is 24.2 Å². The van der Waals surface area contributed by atoms with Gasteiger partial charge in [0, 0.05) is 23.2 Å². The Labute approximate surface area is 335 Å². The van der Waals surface area contributed by atoms with Crippen molar-refractivity contribution >= 4 is 23.2 Å². The Bertz CT molecular complexity index is 2170. The standard InChI is InChI=1S/C22H30N6O.C21H28N6O/c1-14(2)19-13-24-28-20(19)26-22(29-18-11-9-17(23)10-12-18)27-21(28)25-15(3)16-7-5-4-6-8-16;1-14(2)18-12-23-27-19(18)25-21(28-13-17-10-7-11-22-17)26-20(27)24-15(3)16-8-5-4-6-9-16/h4-8,13-15,17-18H,9-12,23H2,1-3H3,(H,25,26,27);4-6,8-9,12,14-15,17,22H,7,10-11,13H2,1-3H3,(H,24,25,26)/t15-,17?,18?;15-,17+/m00/s1. The molecule has 0 radical (unpaired) electrons. The van der Waals surface area contributed by atoms with E-state index in [1.165, 1.54) is 17.5 Å². The van der Waals surface area contributed by atoms with Gasteiger partial charge in [0.25, 0.3) is 0 Å². The minimum atomic E-state index is 0.0709. The second-order valence-corrected chi connectivity index (χ2v) is 16.0. The van der Waals surface area contributed by atoms with Gasteiger partial charge in [0.2, 0.25) is 11.9 Å². The summed E-state index contributed by atoms with van der Waals surface area (Å²) in [5, 5.41) is 19.5. The molecule has 1 aliphatic carbocycles. The van der Waals surface area contributed by atoms with Gasteiger partial charge in [-0.1, -0.05) is 88.4 Å². The van der Waals surface area contributed by atoms with E-state index in [1.807, 2.05) is 48.8 Å². The van der Waals surface area contributed by atoms with Crippen LogP contribution in [0.25, 0.3) is 11.3 Å². The van der Waals surface area contributed by atoms with Crippen molar-refractivity contribution in [2.75, 3.05) is 23.8 Å². The molecule has 3 atom stereocenters. The Kier molecular flexibility index (Phi) is 12.8. The Morgan fingerprint density at radius 3 is 1.68 bits per heavy atom. The Morgan fingerprint density at radius 2 is 1.19 bits per heavy atom. The quantitative estimate of drug-likeness (QED) is 0.0908. The van der Waals surface area contributed by atoms with Gasteiger partial charge in [-0.2, -0.15) is 39.2 Å². The average molecular weight is 775 g/mol. The molecule has 5 heterocycles. The van der Waals surface area contributed by atoms with Gasteiger partial charge in [0.1, 0.15) is 12.7 Å². The lowest BCUT2D eigenvalue weighted by atomic mass is 9.94. The summed E-state index contributed by atoms with van der Waals surface area (Å²) < 4.78 is 15.7. The van der Waals surface area contributed by atoms with Crippen LogP contribution in [0, 0.1) is 0 Å². The molecule has 6 aromatic rings. The van der Waals surface area contributed by atoms with Gasteiger partial charge in [-0.15, -0.1) is 0 Å². The van der Waals surface area contributed by atoms with Crippen molar-refractivity contribution in [1.29, 1.82) is 0 Å². The predicted molar refractivity (Wildman–Crippen MR) is 224 cm³/mol. The second kappa shape index (κ2) is 18.3. The molecule has 2 fully saturated rings. The molecule has 14 heteroatoms. The average Bonchev–Trinajstić information content (AvgIpc) is 4.00. The zero-order valence-electron chi connectivity index (χ0n) is 34.1. The molecule has 0 spiro atoms. The fourth-order valence-electron chi connectivity index (χ4n) is 7.34. The lowest BCUT2D eigenvalue weighted by Gasteiger charge is -2.26. The molecule has 4 aromatic heterocycles. The van der Waals surface area contributed by atoms with Crippen molar-refractivity contribution in [3.8, 4) is 12.0 Å². The molecule has 8 rings (SSSR count). The number of nitrogens with two attached hydrogens (primary N) is 1. The number of hydrogen-bond donors (Lipinski definition) is 4. The van der Waals surface area contributed by atoms with Gasteiger partial charge in [0.05, 0.1) is 24.5 Å². The number of nitrogens with one attached hydrogen (secondary N) is 3. The first-order valence-corrected chi connectivity index (χ1v) is 20.6. The fraction of sp³-hybridized carbons (Fsp3) is 0.488. The van der Waals surface area contributed by atoms with E-state index in [2.05, 4.69) is 107 Å². The van der Waals surface area contributed by atoms with Crippen LogP contribution in [-0.2, 0) is 0 Å². The van der Waals surface area contributed by atoms with Gasteiger partial charge in [0.15, 0.2) is 11.3 Å². The van der Waals surface area contributed by atoms with E-state index in [0.717, 1.165) is 61.1 Å². The first-order chi connectivity index (χ1) is 27.6. The van der Waals surface area contributed by atoms with E-state index < -0.39 is 0 Å². The summed E-state index contributed by atoms with van der Waals surface area (Å²) in [5.74, 6) is 1.90. The SMILES string of the molecule is CC(C)c1cnn2c(N[C@@H](C)c3ccccc3)nc(OC3CCC(N)CC3)nc12.CC(C)c1cnn2c(N[C@@H](C)c3ccccc3)nc(OC[C@H]3CCCN3)nc12. The van der Waals surface area contributed by atoms with Crippen molar-refractivity contribution in [3.63, 3.8) is 0 Å². The van der Waals surface area contributed by atoms with Crippen molar-refractivity contribution in [2.24, 2.45) is 5.73 Å². The van der Waals surface area contributed by atoms with Crippen LogP contribution in [0.3, 0.4) is 0 Å². The van der Waals surface area contributed by atoms with Crippen LogP contribution in [0.2, 0.25) is 0 Å². The third-order valence-electron chi connectivity index (χ3n) is 10.9. The normalized spacial score (nSPS) is 19.4. The van der Waals surface area contributed by atoms with Crippen LogP contribution in [0.15, 0.2) is 73.1 Å². The molecule has 1 saturated carbocycles. The Morgan fingerprint density at radius 1 is 0.684 bits per heavy atom. The molecule has 0 unspecified atom stereocenters. The van der Waals surface area contributed by atoms with Crippen LogP contribution in [-0.4, -0.2) is 70.5 Å². The summed E-state index contributed by atoms with van der Waals surface area (Å²) in [5.41, 5.74) is 12.1. The number of nitrogens with zero attached hydrogens (tertiary/aromatic N) is 8. The molecule has 2 aliphatic rings. The van der Waals surface area contributed by atoms with Gasteiger partial charge in [-0.3, -0.25) is 0 Å². The summed E-state index contributed by atoms with van der Waals surface area (Å²) in [4.78, 5) is 18.7. The van der Waals surface area contributed by atoms with Crippen molar-refractivity contribution < 1.29 is 9.47 Å². The molecule has 5 N–H and O–H groups in total. The minimum Gasteiger partial charge on any atom is -0.462 e. The highest BCUT2D eigenvalue weighted by Crippen LogP contribution is 2.28. The van der Waals surface area contributed by atoms with Crippen molar-refractivity contribution in [1.82, 2.24) is 44.5 Å². The highest BCUT2D eigenvalue weighted by molar-refractivity contribution is 5.54. The highest BCUT2D eigenvalue weighted by Gasteiger charge is 2.24. The number of anilines is 2. The Hall–Kier alpha value is -5.34. The van der Waals surface area contributed by atoms with Gasteiger partial charge >= 0.3 is 12.0 Å². The first kappa shape index (κ1) is 39.9. The topological polar surface area (TPSA) is 167 Å². The van der Waals surface area contributed by atoms with Crippen molar-refractivity contribution in [3.05, 3.63) is 95.3 Å². The van der Waals surface area contributed by atoms with Gasteiger partial charge in [-0.05, 0) is 81.9 Å². The van der Waals surface area contributed by atoms with Crippen LogP contribution in [0.1, 0.15) is 126 Å². The predicted octanol–water partition coefficient (Wildman–Crippen LogP) is 7.62. The van der Waals surface area contributed by atoms with Crippen LogP contribution in [0.4, 0.5) is 11.9 Å². The van der Waals surface area contributed by atoms with Gasteiger partial charge in [-0.25, -0.2) is 0 Å². The maximum atomic E-state index is 6.18. The molecule has 0 amide bonds. The van der Waals surface area contributed by atoms with Crippen molar-refractivity contribution in [2.45, 2.75) is 122 Å². The smallest absolute Gasteiger partial charge is 0.322 e. The molecule has 0 bridgehead atoms. The summed E-state index contributed by atoms with van der Waals surface area (Å²) in [6.07, 6.45) is 10.0. The number of hydrogen-bond acceptors (Lipinski definition) is 12. The zero-order chi connectivity index (χ0) is 39.9. The molecule has 2 aromatic carbocycles. The monoisotopic (exact) mass is 774 g/mol. The molecule has 302 valence electrons. The maximum Gasteiger partial charge on any atom is 0.322 e. The van der Waals surface area contributed by atoms with E-state index in [0.29, 0.717) is 48.4 Å². The number of fused-ring (bicyclic) bond motifs is 2. The maximum absolute atomic E-state index is 6.18. The molecule has 57 heavy (non-hydrogen) atoms. The fourth-order valence-corrected chi connectivity index (χ4v) is 7.34. The number of benzene rings is 2. The lowest BCUT2D eigenvalue weighted by Crippen LogP contribution is -2.32. The van der Waals surface area contributed by atoms with E-state index in [4.69, 9.17) is 20.2 Å². The number of rotatable bonds is 13.